The Morgan fingerprint density at radius 1 is 1.19 bits per heavy atom. The molecule has 0 fully saturated rings. The molecule has 0 saturated carbocycles. The second-order valence-corrected chi connectivity index (χ2v) is 5.57. The van der Waals surface area contributed by atoms with Crippen LogP contribution in [0.1, 0.15) is 41.4 Å². The number of aromatic amines is 1. The van der Waals surface area contributed by atoms with Crippen LogP contribution in [0.5, 0.6) is 0 Å². The molecule has 108 valence electrons. The number of amides is 1. The Morgan fingerprint density at radius 2 is 1.95 bits per heavy atom. The van der Waals surface area contributed by atoms with Crippen molar-refractivity contribution >= 4 is 23.2 Å². The maximum Gasteiger partial charge on any atom is 0.256 e. The van der Waals surface area contributed by atoms with Crippen LogP contribution >= 0.6 is 0 Å². The minimum absolute atomic E-state index is 0.0279. The smallest absolute Gasteiger partial charge is 0.256 e. The molecule has 1 aliphatic rings. The predicted octanol–water partition coefficient (Wildman–Crippen LogP) is 4.08. The molecule has 3 rings (SSSR count). The van der Waals surface area contributed by atoms with Crippen LogP contribution in [0.3, 0.4) is 0 Å². The fourth-order valence-corrected chi connectivity index (χ4v) is 3.01. The molecule has 1 amide bonds. The van der Waals surface area contributed by atoms with Crippen LogP contribution in [0.2, 0.25) is 0 Å². The van der Waals surface area contributed by atoms with Gasteiger partial charge in [0.2, 0.25) is 0 Å². The minimum Gasteiger partial charge on any atom is -0.359 e. The second kappa shape index (κ2) is 5.24. The number of carbonyl (C=O) groups excluding carboxylic acids is 1. The Balaban J connectivity index is 2.07. The lowest BCUT2D eigenvalue weighted by Crippen LogP contribution is -2.03. The number of para-hydroxylation sites is 1. The molecule has 3 heteroatoms. The van der Waals surface area contributed by atoms with Gasteiger partial charge in [-0.15, -0.1) is 0 Å². The lowest BCUT2D eigenvalue weighted by molar-refractivity contribution is -0.110. The lowest BCUT2D eigenvalue weighted by atomic mass is 10.0. The minimum atomic E-state index is -0.0279. The van der Waals surface area contributed by atoms with Gasteiger partial charge in [0.15, 0.2) is 0 Å². The first-order valence-electron chi connectivity index (χ1n) is 7.42. The summed E-state index contributed by atoms with van der Waals surface area (Å²) in [6.45, 7) is 6.41. The molecule has 2 heterocycles. The van der Waals surface area contributed by atoms with Crippen LogP contribution in [-0.2, 0) is 11.2 Å². The van der Waals surface area contributed by atoms with E-state index in [0.717, 1.165) is 35.4 Å². The third kappa shape index (κ3) is 2.29. The molecule has 0 saturated heterocycles. The Bertz CT molecular complexity index is 738. The number of fused-ring (bicyclic) bond motifs is 1. The molecule has 1 aromatic heterocycles. The quantitative estimate of drug-likeness (QED) is 0.818. The van der Waals surface area contributed by atoms with E-state index in [1.165, 1.54) is 16.8 Å². The molecular formula is C18H20N2O. The van der Waals surface area contributed by atoms with Crippen molar-refractivity contribution in [3.63, 3.8) is 0 Å². The molecule has 3 nitrogen and oxygen atoms in total. The maximum absolute atomic E-state index is 12.2. The molecule has 0 spiro atoms. The van der Waals surface area contributed by atoms with E-state index in [-0.39, 0.29) is 5.91 Å². The van der Waals surface area contributed by atoms with E-state index in [1.54, 1.807) is 0 Å². The highest BCUT2D eigenvalue weighted by molar-refractivity contribution is 6.34. The highest BCUT2D eigenvalue weighted by Crippen LogP contribution is 2.33. The van der Waals surface area contributed by atoms with Crippen LogP contribution in [0.4, 0.5) is 5.69 Å². The first kappa shape index (κ1) is 13.7. The third-order valence-electron chi connectivity index (χ3n) is 4.13. The van der Waals surface area contributed by atoms with Gasteiger partial charge in [0.1, 0.15) is 0 Å². The third-order valence-corrected chi connectivity index (χ3v) is 4.13. The molecule has 0 aliphatic carbocycles. The van der Waals surface area contributed by atoms with Crippen molar-refractivity contribution in [2.75, 3.05) is 5.32 Å². The molecule has 1 aromatic carbocycles. The zero-order valence-electron chi connectivity index (χ0n) is 12.7. The van der Waals surface area contributed by atoms with E-state index in [9.17, 15) is 4.79 Å². The zero-order valence-corrected chi connectivity index (χ0v) is 12.7. The van der Waals surface area contributed by atoms with Crippen LogP contribution in [0.25, 0.3) is 11.6 Å². The highest BCUT2D eigenvalue weighted by atomic mass is 16.2. The van der Waals surface area contributed by atoms with Gasteiger partial charge in [-0.25, -0.2) is 0 Å². The normalized spacial score (nSPS) is 15.4. The van der Waals surface area contributed by atoms with Crippen molar-refractivity contribution in [3.05, 3.63) is 52.3 Å². The van der Waals surface area contributed by atoms with Crippen molar-refractivity contribution in [3.8, 4) is 0 Å². The molecule has 0 unspecified atom stereocenters. The summed E-state index contributed by atoms with van der Waals surface area (Å²) in [5.41, 5.74) is 7.47. The number of hydrogen-bond acceptors (Lipinski definition) is 1. The molecule has 0 radical (unpaired) electrons. The van der Waals surface area contributed by atoms with Gasteiger partial charge in [-0.1, -0.05) is 31.5 Å². The average Bonchev–Trinajstić information content (AvgIpc) is 2.92. The van der Waals surface area contributed by atoms with Crippen LogP contribution in [0.15, 0.2) is 24.3 Å². The summed E-state index contributed by atoms with van der Waals surface area (Å²) in [5, 5.41) is 2.91. The fourth-order valence-electron chi connectivity index (χ4n) is 3.01. The Kier molecular flexibility index (Phi) is 3.42. The molecule has 2 N–H and O–H groups in total. The molecule has 21 heavy (non-hydrogen) atoms. The van der Waals surface area contributed by atoms with Gasteiger partial charge in [0.05, 0.1) is 5.57 Å². The summed E-state index contributed by atoms with van der Waals surface area (Å²) in [5.74, 6) is -0.0279. The van der Waals surface area contributed by atoms with Gasteiger partial charge in [0.25, 0.3) is 5.91 Å². The summed E-state index contributed by atoms with van der Waals surface area (Å²) >= 11 is 0. The topological polar surface area (TPSA) is 44.9 Å². The van der Waals surface area contributed by atoms with Crippen LogP contribution < -0.4 is 5.32 Å². The Morgan fingerprint density at radius 3 is 2.71 bits per heavy atom. The monoisotopic (exact) mass is 280 g/mol. The summed E-state index contributed by atoms with van der Waals surface area (Å²) in [7, 11) is 0. The van der Waals surface area contributed by atoms with E-state index in [4.69, 9.17) is 0 Å². The van der Waals surface area contributed by atoms with Gasteiger partial charge in [-0.3, -0.25) is 4.79 Å². The van der Waals surface area contributed by atoms with Crippen molar-refractivity contribution in [2.24, 2.45) is 0 Å². The largest absolute Gasteiger partial charge is 0.359 e. The molecule has 0 bridgehead atoms. The van der Waals surface area contributed by atoms with Gasteiger partial charge >= 0.3 is 0 Å². The Labute approximate surface area is 125 Å². The van der Waals surface area contributed by atoms with Crippen molar-refractivity contribution in [2.45, 2.75) is 33.6 Å². The molecule has 2 aromatic rings. The van der Waals surface area contributed by atoms with Crippen molar-refractivity contribution < 1.29 is 4.79 Å². The van der Waals surface area contributed by atoms with Crippen LogP contribution in [-0.4, -0.2) is 10.9 Å². The number of rotatable bonds is 3. The molecular weight excluding hydrogens is 260 g/mol. The number of benzene rings is 1. The summed E-state index contributed by atoms with van der Waals surface area (Å²) in [4.78, 5) is 15.6. The molecule has 0 atom stereocenters. The zero-order chi connectivity index (χ0) is 15.0. The number of hydrogen-bond donors (Lipinski definition) is 2. The van der Waals surface area contributed by atoms with E-state index in [0.29, 0.717) is 0 Å². The molecule has 1 aliphatic heterocycles. The second-order valence-electron chi connectivity index (χ2n) is 5.57. The number of anilines is 1. The van der Waals surface area contributed by atoms with E-state index < -0.39 is 0 Å². The van der Waals surface area contributed by atoms with Gasteiger partial charge < -0.3 is 10.3 Å². The lowest BCUT2D eigenvalue weighted by Gasteiger charge is -2.00. The Hall–Kier alpha value is -2.29. The van der Waals surface area contributed by atoms with E-state index in [2.05, 4.69) is 31.1 Å². The SMILES string of the molecule is CCCc1c(C)[nH]c(/C=C2\C(=O)Nc3ccccc32)c1C. The summed E-state index contributed by atoms with van der Waals surface area (Å²) < 4.78 is 0. The van der Waals surface area contributed by atoms with Gasteiger partial charge in [-0.05, 0) is 43.5 Å². The number of nitrogens with one attached hydrogen (secondary N) is 2. The van der Waals surface area contributed by atoms with Crippen molar-refractivity contribution in [1.82, 2.24) is 4.98 Å². The number of aryl methyl sites for hydroxylation is 1. The van der Waals surface area contributed by atoms with Crippen LogP contribution in [0, 0.1) is 13.8 Å². The van der Waals surface area contributed by atoms with E-state index in [1.807, 2.05) is 30.3 Å². The standard InChI is InChI=1S/C18H20N2O/c1-4-7-13-11(2)17(19-12(13)3)10-15-14-8-5-6-9-16(14)20-18(15)21/h5-6,8-10,19H,4,7H2,1-3H3,(H,20,21)/b15-10-. The maximum atomic E-state index is 12.2. The van der Waals surface area contributed by atoms with E-state index >= 15 is 0 Å². The fraction of sp³-hybridized carbons (Fsp3) is 0.278. The predicted molar refractivity (Wildman–Crippen MR) is 87.2 cm³/mol. The van der Waals surface area contributed by atoms with Crippen molar-refractivity contribution in [1.29, 1.82) is 0 Å². The number of H-pyrrole nitrogens is 1. The van der Waals surface area contributed by atoms with Gasteiger partial charge in [0, 0.05) is 22.6 Å². The first-order chi connectivity index (χ1) is 10.1. The summed E-state index contributed by atoms with van der Waals surface area (Å²) in [6, 6.07) is 7.81. The van der Waals surface area contributed by atoms with Gasteiger partial charge in [-0.2, -0.15) is 0 Å². The number of carbonyl (C=O) groups is 1. The highest BCUT2D eigenvalue weighted by Gasteiger charge is 2.24. The number of aromatic nitrogens is 1. The average molecular weight is 280 g/mol. The summed E-state index contributed by atoms with van der Waals surface area (Å²) in [6.07, 6.45) is 4.17. The first-order valence-corrected chi connectivity index (χ1v) is 7.42.